The predicted octanol–water partition coefficient (Wildman–Crippen LogP) is 0.691. The molecule has 1 aromatic carbocycles. The van der Waals surface area contributed by atoms with Crippen molar-refractivity contribution in [2.24, 2.45) is 29.4 Å². The van der Waals surface area contributed by atoms with E-state index in [2.05, 4.69) is 26.6 Å². The number of esters is 3. The predicted molar refractivity (Wildman–Crippen MR) is 331 cm³/mol. The molecule has 8 N–H and O–H groups in total. The van der Waals surface area contributed by atoms with E-state index in [4.69, 9.17) is 24.7 Å². The lowest BCUT2D eigenvalue weighted by Crippen LogP contribution is -2.62. The van der Waals surface area contributed by atoms with Gasteiger partial charge < -0.3 is 76.0 Å². The molecule has 4 saturated heterocycles. The average molecular weight is 1300 g/mol. The van der Waals surface area contributed by atoms with Crippen LogP contribution in [0.1, 0.15) is 152 Å². The lowest BCUT2D eigenvalue weighted by Gasteiger charge is -2.36. The number of hydrogen-bond acceptors (Lipinski definition) is 18. The summed E-state index contributed by atoms with van der Waals surface area (Å²) in [4.78, 5) is 187. The van der Waals surface area contributed by atoms with Gasteiger partial charge in [0, 0.05) is 46.4 Å². The van der Waals surface area contributed by atoms with Gasteiger partial charge in [-0.1, -0.05) is 73.9 Å². The van der Waals surface area contributed by atoms with Gasteiger partial charge in [0.2, 0.25) is 47.3 Å². The molecular weight excluding hydrogens is 1200 g/mol. The molecule has 0 unspecified atom stereocenters. The van der Waals surface area contributed by atoms with Crippen molar-refractivity contribution >= 4 is 77.0 Å². The van der Waals surface area contributed by atoms with Gasteiger partial charge in [0.15, 0.2) is 12.2 Å². The summed E-state index contributed by atoms with van der Waals surface area (Å²) in [7, 11) is 4.22. The van der Waals surface area contributed by atoms with E-state index in [9.17, 15) is 53.1 Å². The fraction of sp³-hybridized carbons (Fsp3) is 0.703. The minimum atomic E-state index is -1.82. The van der Waals surface area contributed by atoms with E-state index < -0.39 is 168 Å². The van der Waals surface area contributed by atoms with Crippen LogP contribution in [0.3, 0.4) is 0 Å². The molecule has 5 rings (SSSR count). The standard InChI is InChI=1S/C64H98N10O18/c1-14-36(8)52-48(75)32-51(78)92-54(35(6)7)58(82)68-43(29-33(2)3)60(84)74-28-16-18-45(74)62(86)72(12)47(31-39-19-21-40(89-13)22-20-39)64(88)90-37(9)53(57(81)69-52)70-56(80)46(30-34(4)5)71(11)61(85)44-17-15-27-73(44)59(83)38(10)91-63(87)42(23-25-49(65)76)67-55(79)41-24-26-50(77)66-41/h19-22,33-38,41-48,52-54,75H,14-18,23-32H2,1-13H3,(H2,65,76)(H,66,77)(H,67,79)(H,68,82)(H,69,81)(H,70,80)/t36-,37+,38-,41-,42-,43-,44-,45-,46+,47-,48-,52+,53-,54-/m0/s1. The number of nitrogens with one attached hydrogen (secondary N) is 5. The van der Waals surface area contributed by atoms with Crippen LogP contribution in [-0.4, -0.2) is 215 Å². The van der Waals surface area contributed by atoms with Crippen LogP contribution in [0.4, 0.5) is 0 Å². The molecule has 1 aromatic rings. The number of aliphatic hydroxyl groups is 1. The van der Waals surface area contributed by atoms with Crippen molar-refractivity contribution in [3.05, 3.63) is 29.8 Å². The molecule has 0 spiro atoms. The van der Waals surface area contributed by atoms with Gasteiger partial charge in [-0.2, -0.15) is 0 Å². The first-order valence-corrected chi connectivity index (χ1v) is 32.1. The topological polar surface area (TPSA) is 378 Å². The number of cyclic esters (lactones) is 2. The van der Waals surface area contributed by atoms with Crippen LogP contribution in [0.15, 0.2) is 24.3 Å². The normalized spacial score (nSPS) is 26.1. The van der Waals surface area contributed by atoms with Crippen LogP contribution in [-0.2, 0) is 83.0 Å². The summed E-state index contributed by atoms with van der Waals surface area (Å²) in [5.74, 6) is -11.5. The summed E-state index contributed by atoms with van der Waals surface area (Å²) in [6, 6.07) is -5.04. The fourth-order valence-electron chi connectivity index (χ4n) is 12.0. The highest BCUT2D eigenvalue weighted by molar-refractivity contribution is 5.98. The van der Waals surface area contributed by atoms with Crippen molar-refractivity contribution in [2.45, 2.75) is 232 Å². The number of amides is 10. The van der Waals surface area contributed by atoms with Crippen molar-refractivity contribution < 1.29 is 86.4 Å². The Morgan fingerprint density at radius 1 is 0.848 bits per heavy atom. The van der Waals surface area contributed by atoms with Gasteiger partial charge in [-0.15, -0.1) is 0 Å². The Hall–Kier alpha value is -7.91. The molecule has 4 heterocycles. The number of benzene rings is 1. The SMILES string of the molecule is CC[C@H](C)[C@H]1NC(=O)[C@@H](NC(=O)[C@@H](CC(C)C)N(C)C(=O)[C@@H]2CCCN2C(=O)[C@H](C)OC(=O)[C@H](CCC(N)=O)NC(=O)[C@@H]2CCC(=O)N2)[C@@H](C)OC(=O)[C@H](Cc2ccc(OC)cc2)N(C)C(=O)[C@@H]2CCCN2C(=O)[C@H](CC(C)C)NC(=O)[C@H](C(C)C)OC(=O)C[C@@H]1O. The first kappa shape index (κ1) is 74.8. The van der Waals surface area contributed by atoms with Crippen molar-refractivity contribution in [3.63, 3.8) is 0 Å². The molecule has 0 aromatic heterocycles. The highest BCUT2D eigenvalue weighted by Gasteiger charge is 2.46. The monoisotopic (exact) mass is 1290 g/mol. The molecule has 14 atom stereocenters. The molecule has 0 saturated carbocycles. The largest absolute Gasteiger partial charge is 0.497 e. The molecule has 10 amide bonds. The van der Waals surface area contributed by atoms with Gasteiger partial charge in [0.25, 0.3) is 11.8 Å². The maximum absolute atomic E-state index is 15.2. The molecule has 28 nitrogen and oxygen atoms in total. The highest BCUT2D eigenvalue weighted by Crippen LogP contribution is 2.28. The van der Waals surface area contributed by atoms with Gasteiger partial charge in [0.1, 0.15) is 60.2 Å². The van der Waals surface area contributed by atoms with Gasteiger partial charge in [-0.25, -0.2) is 9.59 Å². The Balaban J connectivity index is 1.52. The average Bonchev–Trinajstić information content (AvgIpc) is 1.58. The zero-order valence-electron chi connectivity index (χ0n) is 55.5. The zero-order chi connectivity index (χ0) is 68.6. The number of aliphatic hydroxyl groups excluding tert-OH is 1. The number of ether oxygens (including phenoxy) is 4. The minimum absolute atomic E-state index is 0.0182. The second kappa shape index (κ2) is 34.1. The number of fused-ring (bicyclic) bond motifs is 1. The Kier molecular flexibility index (Phi) is 27.8. The van der Waals surface area contributed by atoms with Gasteiger partial charge in [-0.05, 0) is 107 Å². The molecule has 0 aliphatic carbocycles. The van der Waals surface area contributed by atoms with Crippen molar-refractivity contribution in [1.29, 1.82) is 0 Å². The highest BCUT2D eigenvalue weighted by atomic mass is 16.6. The number of nitrogens with zero attached hydrogens (tertiary/aromatic N) is 4. The smallest absolute Gasteiger partial charge is 0.329 e. The van der Waals surface area contributed by atoms with Crippen LogP contribution in [0.25, 0.3) is 0 Å². The first-order chi connectivity index (χ1) is 43.3. The van der Waals surface area contributed by atoms with Crippen LogP contribution in [0.2, 0.25) is 0 Å². The molecule has 0 radical (unpaired) electrons. The van der Waals surface area contributed by atoms with Gasteiger partial charge >= 0.3 is 17.9 Å². The second-order valence-electron chi connectivity index (χ2n) is 26.0. The van der Waals surface area contributed by atoms with Gasteiger partial charge in [0.05, 0.1) is 25.7 Å². The van der Waals surface area contributed by atoms with Crippen molar-refractivity contribution in [1.82, 2.24) is 46.2 Å². The number of carbonyl (C=O) groups is 13. The van der Waals surface area contributed by atoms with Crippen LogP contribution >= 0.6 is 0 Å². The third-order valence-corrected chi connectivity index (χ3v) is 17.5. The van der Waals surface area contributed by atoms with Crippen LogP contribution in [0.5, 0.6) is 5.75 Å². The van der Waals surface area contributed by atoms with E-state index in [0.717, 1.165) is 4.90 Å². The molecule has 28 heteroatoms. The third kappa shape index (κ3) is 20.0. The number of nitrogens with two attached hydrogens (primary N) is 1. The zero-order valence-corrected chi connectivity index (χ0v) is 55.5. The van der Waals surface area contributed by atoms with Gasteiger partial charge in [-0.3, -0.25) is 52.7 Å². The summed E-state index contributed by atoms with van der Waals surface area (Å²) in [6.45, 7) is 16.8. The summed E-state index contributed by atoms with van der Waals surface area (Å²) in [5.41, 5.74) is 5.90. The summed E-state index contributed by atoms with van der Waals surface area (Å²) >= 11 is 0. The number of likely N-dealkylation sites (tertiary alicyclic amines) is 1. The summed E-state index contributed by atoms with van der Waals surface area (Å²) in [5, 5.41) is 25.2. The lowest BCUT2D eigenvalue weighted by atomic mass is 9.92. The van der Waals surface area contributed by atoms with Crippen molar-refractivity contribution in [2.75, 3.05) is 34.3 Å². The lowest BCUT2D eigenvalue weighted by molar-refractivity contribution is -0.163. The van der Waals surface area contributed by atoms with E-state index in [1.54, 1.807) is 65.8 Å². The van der Waals surface area contributed by atoms with E-state index in [1.165, 1.54) is 49.8 Å². The Bertz CT molecular complexity index is 2830. The quantitative estimate of drug-likeness (QED) is 0.0620. The van der Waals surface area contributed by atoms with E-state index >= 15 is 14.4 Å². The Morgan fingerprint density at radius 3 is 2.10 bits per heavy atom. The number of rotatable bonds is 22. The molecule has 4 aliphatic heterocycles. The number of likely N-dealkylation sites (N-methyl/N-ethyl adjacent to an activating group) is 2. The van der Waals surface area contributed by atoms with E-state index in [-0.39, 0.29) is 88.6 Å². The van der Waals surface area contributed by atoms with Crippen LogP contribution in [0, 0.1) is 23.7 Å². The van der Waals surface area contributed by atoms with E-state index in [0.29, 0.717) is 30.6 Å². The first-order valence-electron chi connectivity index (χ1n) is 32.1. The second-order valence-corrected chi connectivity index (χ2v) is 26.0. The third-order valence-electron chi connectivity index (χ3n) is 17.5. The molecule has 0 bridgehead atoms. The summed E-state index contributed by atoms with van der Waals surface area (Å²) < 4.78 is 22.9. The number of methoxy groups -OCH3 is 1. The maximum Gasteiger partial charge on any atom is 0.329 e. The van der Waals surface area contributed by atoms with Crippen LogP contribution < -0.4 is 37.1 Å². The maximum atomic E-state index is 15.2. The Morgan fingerprint density at radius 2 is 1.51 bits per heavy atom. The van der Waals surface area contributed by atoms with E-state index in [1.807, 2.05) is 13.8 Å². The molecule has 512 valence electrons. The summed E-state index contributed by atoms with van der Waals surface area (Å²) in [6.07, 6.45) is -6.01. The molecule has 4 fully saturated rings. The number of primary amides is 1. The molecule has 92 heavy (non-hydrogen) atoms. The van der Waals surface area contributed by atoms with Crippen molar-refractivity contribution in [3.8, 4) is 5.75 Å². The Labute approximate surface area is 538 Å². The fourth-order valence-corrected chi connectivity index (χ4v) is 12.0. The molecule has 4 aliphatic rings. The molecular formula is C64H98N10O18. The minimum Gasteiger partial charge on any atom is -0.497 e. The number of carbonyl (C=O) groups excluding carboxylic acids is 13. The number of hydrogen-bond donors (Lipinski definition) is 7.